The van der Waals surface area contributed by atoms with Crippen LogP contribution in [0.2, 0.25) is 0 Å². The molecule has 1 atom stereocenters. The Hall–Kier alpha value is -2.08. The number of carbonyl (C=O) groups excluding carboxylic acids is 2. The summed E-state index contributed by atoms with van der Waals surface area (Å²) in [6.45, 7) is 7.13. The fourth-order valence-corrected chi connectivity index (χ4v) is 2.44. The first-order valence-corrected chi connectivity index (χ1v) is 8.24. The Kier molecular flexibility index (Phi) is 6.20. The largest absolute Gasteiger partial charge is 0.460 e. The van der Waals surface area contributed by atoms with Gasteiger partial charge in [-0.2, -0.15) is 0 Å². The molecule has 1 fully saturated rings. The molecule has 2 rings (SSSR count). The van der Waals surface area contributed by atoms with Gasteiger partial charge in [0.2, 0.25) is 0 Å². The van der Waals surface area contributed by atoms with Gasteiger partial charge in [-0.05, 0) is 32.8 Å². The van der Waals surface area contributed by atoms with E-state index in [0.29, 0.717) is 13.1 Å². The number of benzene rings is 1. The standard InChI is InChI=1S/C18H26N2O4/c1-18(2,3)24-17(22)20-10-9-15(12-20)19-11-16(21)23-13-14-7-5-4-6-8-14/h4-8,15,19H,9-13H2,1-3H3/t15-/m0/s1. The second-order valence-electron chi connectivity index (χ2n) is 6.94. The predicted molar refractivity (Wildman–Crippen MR) is 90.5 cm³/mol. The third kappa shape index (κ3) is 6.20. The first kappa shape index (κ1) is 18.3. The second kappa shape index (κ2) is 8.15. The second-order valence-corrected chi connectivity index (χ2v) is 6.94. The van der Waals surface area contributed by atoms with Crippen molar-refractivity contribution in [1.29, 1.82) is 0 Å². The molecule has 0 spiro atoms. The zero-order valence-electron chi connectivity index (χ0n) is 14.6. The molecule has 1 aliphatic rings. The summed E-state index contributed by atoms with van der Waals surface area (Å²) in [5, 5.41) is 3.14. The summed E-state index contributed by atoms with van der Waals surface area (Å²) in [6, 6.07) is 9.65. The van der Waals surface area contributed by atoms with Gasteiger partial charge in [-0.3, -0.25) is 4.79 Å². The Morgan fingerprint density at radius 1 is 1.25 bits per heavy atom. The number of carbonyl (C=O) groups is 2. The van der Waals surface area contributed by atoms with Crippen molar-refractivity contribution in [3.8, 4) is 0 Å². The van der Waals surface area contributed by atoms with Crippen molar-refractivity contribution in [2.75, 3.05) is 19.6 Å². The highest BCUT2D eigenvalue weighted by atomic mass is 16.6. The Bertz CT molecular complexity index is 554. The van der Waals surface area contributed by atoms with Gasteiger partial charge in [0.1, 0.15) is 12.2 Å². The van der Waals surface area contributed by atoms with E-state index in [1.807, 2.05) is 51.1 Å². The summed E-state index contributed by atoms with van der Waals surface area (Å²) in [4.78, 5) is 25.4. The molecular formula is C18H26N2O4. The molecule has 1 aromatic rings. The van der Waals surface area contributed by atoms with Crippen molar-refractivity contribution in [2.24, 2.45) is 0 Å². The maximum Gasteiger partial charge on any atom is 0.410 e. The van der Waals surface area contributed by atoms with Crippen LogP contribution < -0.4 is 5.32 Å². The van der Waals surface area contributed by atoms with Gasteiger partial charge in [0.05, 0.1) is 6.54 Å². The van der Waals surface area contributed by atoms with Gasteiger partial charge in [0.15, 0.2) is 0 Å². The van der Waals surface area contributed by atoms with Crippen molar-refractivity contribution < 1.29 is 19.1 Å². The zero-order chi connectivity index (χ0) is 17.6. The van der Waals surface area contributed by atoms with Crippen LogP contribution in [-0.2, 0) is 20.9 Å². The quantitative estimate of drug-likeness (QED) is 0.837. The molecule has 0 saturated carbocycles. The van der Waals surface area contributed by atoms with Crippen molar-refractivity contribution >= 4 is 12.1 Å². The summed E-state index contributed by atoms with van der Waals surface area (Å²) < 4.78 is 10.6. The van der Waals surface area contributed by atoms with E-state index >= 15 is 0 Å². The number of hydrogen-bond acceptors (Lipinski definition) is 5. The van der Waals surface area contributed by atoms with Crippen molar-refractivity contribution in [3.05, 3.63) is 35.9 Å². The fourth-order valence-electron chi connectivity index (χ4n) is 2.44. The molecule has 0 bridgehead atoms. The van der Waals surface area contributed by atoms with Gasteiger partial charge in [0, 0.05) is 19.1 Å². The van der Waals surface area contributed by atoms with E-state index in [9.17, 15) is 9.59 Å². The van der Waals surface area contributed by atoms with Crippen LogP contribution in [0, 0.1) is 0 Å². The summed E-state index contributed by atoms with van der Waals surface area (Å²) in [5.74, 6) is -0.297. The number of rotatable bonds is 5. The highest BCUT2D eigenvalue weighted by molar-refractivity contribution is 5.72. The lowest BCUT2D eigenvalue weighted by Crippen LogP contribution is -2.39. The highest BCUT2D eigenvalue weighted by Gasteiger charge is 2.29. The summed E-state index contributed by atoms with van der Waals surface area (Å²) in [6.07, 6.45) is 0.490. The average Bonchev–Trinajstić information content (AvgIpc) is 2.99. The van der Waals surface area contributed by atoms with Crippen molar-refractivity contribution in [2.45, 2.75) is 45.4 Å². The summed E-state index contributed by atoms with van der Waals surface area (Å²) in [5.41, 5.74) is 0.465. The molecule has 1 aromatic carbocycles. The Labute approximate surface area is 143 Å². The molecular weight excluding hydrogens is 308 g/mol. The number of amides is 1. The number of likely N-dealkylation sites (tertiary alicyclic amines) is 1. The summed E-state index contributed by atoms with van der Waals surface area (Å²) in [7, 11) is 0. The van der Waals surface area contributed by atoms with Gasteiger partial charge in [-0.25, -0.2) is 4.79 Å². The molecule has 132 valence electrons. The van der Waals surface area contributed by atoms with Gasteiger partial charge in [-0.1, -0.05) is 30.3 Å². The Balaban J connectivity index is 1.66. The number of nitrogens with zero attached hydrogens (tertiary/aromatic N) is 1. The van der Waals surface area contributed by atoms with Crippen LogP contribution in [0.15, 0.2) is 30.3 Å². The third-order valence-corrected chi connectivity index (χ3v) is 3.62. The van der Waals surface area contributed by atoms with Crippen molar-refractivity contribution in [1.82, 2.24) is 10.2 Å². The molecule has 6 nitrogen and oxygen atoms in total. The zero-order valence-corrected chi connectivity index (χ0v) is 14.6. The van der Waals surface area contributed by atoms with Crippen LogP contribution >= 0.6 is 0 Å². The summed E-state index contributed by atoms with van der Waals surface area (Å²) >= 11 is 0. The van der Waals surface area contributed by atoms with Gasteiger partial charge < -0.3 is 19.7 Å². The molecule has 1 amide bonds. The lowest BCUT2D eigenvalue weighted by atomic mass is 10.2. The monoisotopic (exact) mass is 334 g/mol. The predicted octanol–water partition coefficient (Wildman–Crippen LogP) is 2.33. The average molecular weight is 334 g/mol. The molecule has 24 heavy (non-hydrogen) atoms. The number of esters is 1. The van der Waals surface area contributed by atoms with E-state index < -0.39 is 5.60 Å². The van der Waals surface area contributed by atoms with E-state index in [-0.39, 0.29) is 31.3 Å². The van der Waals surface area contributed by atoms with E-state index in [2.05, 4.69) is 5.32 Å². The van der Waals surface area contributed by atoms with E-state index in [4.69, 9.17) is 9.47 Å². The van der Waals surface area contributed by atoms with Crippen LogP contribution in [0.25, 0.3) is 0 Å². The van der Waals surface area contributed by atoms with E-state index in [1.165, 1.54) is 0 Å². The van der Waals surface area contributed by atoms with Crippen LogP contribution in [0.1, 0.15) is 32.8 Å². The smallest absolute Gasteiger partial charge is 0.410 e. The lowest BCUT2D eigenvalue weighted by molar-refractivity contribution is -0.143. The number of hydrogen-bond donors (Lipinski definition) is 1. The molecule has 1 aliphatic heterocycles. The lowest BCUT2D eigenvalue weighted by Gasteiger charge is -2.24. The molecule has 6 heteroatoms. The Morgan fingerprint density at radius 3 is 2.62 bits per heavy atom. The minimum Gasteiger partial charge on any atom is -0.460 e. The molecule has 0 unspecified atom stereocenters. The highest BCUT2D eigenvalue weighted by Crippen LogP contribution is 2.15. The maximum atomic E-state index is 12.0. The normalized spacial score (nSPS) is 17.6. The van der Waals surface area contributed by atoms with Crippen LogP contribution in [-0.4, -0.2) is 48.2 Å². The maximum absolute atomic E-state index is 12.0. The van der Waals surface area contributed by atoms with Crippen LogP contribution in [0.3, 0.4) is 0 Å². The van der Waals surface area contributed by atoms with Crippen molar-refractivity contribution in [3.63, 3.8) is 0 Å². The molecule has 1 N–H and O–H groups in total. The molecule has 1 heterocycles. The Morgan fingerprint density at radius 2 is 1.96 bits per heavy atom. The van der Waals surface area contributed by atoms with Gasteiger partial charge >= 0.3 is 12.1 Å². The van der Waals surface area contributed by atoms with E-state index in [0.717, 1.165) is 12.0 Å². The number of ether oxygens (including phenoxy) is 2. The number of nitrogens with one attached hydrogen (secondary N) is 1. The third-order valence-electron chi connectivity index (χ3n) is 3.62. The van der Waals surface area contributed by atoms with E-state index in [1.54, 1.807) is 4.90 Å². The minimum atomic E-state index is -0.496. The molecule has 0 radical (unpaired) electrons. The van der Waals surface area contributed by atoms with Gasteiger partial charge in [0.25, 0.3) is 0 Å². The molecule has 1 saturated heterocycles. The van der Waals surface area contributed by atoms with Crippen LogP contribution in [0.5, 0.6) is 0 Å². The van der Waals surface area contributed by atoms with Gasteiger partial charge in [-0.15, -0.1) is 0 Å². The fraction of sp³-hybridized carbons (Fsp3) is 0.556. The molecule has 0 aromatic heterocycles. The minimum absolute atomic E-state index is 0.0850. The van der Waals surface area contributed by atoms with Crippen LogP contribution in [0.4, 0.5) is 4.79 Å². The first-order chi connectivity index (χ1) is 11.3. The molecule has 0 aliphatic carbocycles. The topological polar surface area (TPSA) is 67.9 Å². The first-order valence-electron chi connectivity index (χ1n) is 8.24. The SMILES string of the molecule is CC(C)(C)OC(=O)N1CC[C@H](NCC(=O)OCc2ccccc2)C1.